The zero-order chi connectivity index (χ0) is 21.1. The molecule has 1 N–H and O–H groups in total. The van der Waals surface area contributed by atoms with Crippen LogP contribution in [-0.2, 0) is 11.2 Å². The van der Waals surface area contributed by atoms with Gasteiger partial charge in [0.25, 0.3) is 0 Å². The highest BCUT2D eigenvalue weighted by atomic mass is 32.2. The molecule has 0 bridgehead atoms. The Bertz CT molecular complexity index is 975. The summed E-state index contributed by atoms with van der Waals surface area (Å²) in [5.74, 6) is 1.92. The van der Waals surface area contributed by atoms with E-state index in [9.17, 15) is 4.79 Å². The molecule has 1 unspecified atom stereocenters. The molecule has 1 aliphatic carbocycles. The van der Waals surface area contributed by atoms with Gasteiger partial charge in [-0.3, -0.25) is 9.36 Å². The second kappa shape index (κ2) is 9.35. The highest BCUT2D eigenvalue weighted by molar-refractivity contribution is 7.99. The summed E-state index contributed by atoms with van der Waals surface area (Å²) in [5, 5.41) is 14.8. The lowest BCUT2D eigenvalue weighted by Gasteiger charge is -2.15. The molecule has 0 saturated heterocycles. The Kier molecular flexibility index (Phi) is 6.58. The highest BCUT2D eigenvalue weighted by Crippen LogP contribution is 2.41. The Morgan fingerprint density at radius 3 is 2.60 bits per heavy atom. The van der Waals surface area contributed by atoms with E-state index >= 15 is 0 Å². The van der Waals surface area contributed by atoms with Crippen LogP contribution in [-0.4, -0.2) is 26.4 Å². The van der Waals surface area contributed by atoms with E-state index in [0.717, 1.165) is 40.7 Å². The molecule has 1 saturated carbocycles. The number of carbonyl (C=O) groups is 1. The summed E-state index contributed by atoms with van der Waals surface area (Å²) in [6.07, 6.45) is 3.38. The second-order valence-corrected chi connectivity index (χ2v) is 10.2. The highest BCUT2D eigenvalue weighted by Gasteiger charge is 2.30. The number of aromatic nitrogens is 3. The number of hydrogen-bond acceptors (Lipinski definition) is 5. The Balaban J connectivity index is 1.35. The number of hydrogen-bond donors (Lipinski definition) is 1. The molecule has 1 fully saturated rings. The van der Waals surface area contributed by atoms with Crippen LogP contribution in [0.25, 0.3) is 10.7 Å². The first kappa shape index (κ1) is 21.1. The number of thiophene rings is 1. The molecule has 0 spiro atoms. The Morgan fingerprint density at radius 2 is 1.97 bits per heavy atom. The number of thioether (sulfide) groups is 1. The summed E-state index contributed by atoms with van der Waals surface area (Å²) in [6, 6.07) is 13.1. The van der Waals surface area contributed by atoms with Gasteiger partial charge in [0, 0.05) is 6.04 Å². The number of amides is 1. The quantitative estimate of drug-likeness (QED) is 0.446. The van der Waals surface area contributed by atoms with Crippen LogP contribution in [0.5, 0.6) is 0 Å². The normalized spacial score (nSPS) is 14.8. The minimum Gasteiger partial charge on any atom is -0.349 e. The fourth-order valence-corrected chi connectivity index (χ4v) is 5.04. The van der Waals surface area contributed by atoms with Crippen LogP contribution >= 0.6 is 23.1 Å². The fourth-order valence-electron chi connectivity index (χ4n) is 3.52. The monoisotopic (exact) mass is 440 g/mol. The van der Waals surface area contributed by atoms with E-state index in [-0.39, 0.29) is 11.9 Å². The molecule has 2 aromatic heterocycles. The van der Waals surface area contributed by atoms with E-state index in [4.69, 9.17) is 0 Å². The zero-order valence-electron chi connectivity index (χ0n) is 17.7. The van der Waals surface area contributed by atoms with E-state index in [1.54, 1.807) is 11.3 Å². The smallest absolute Gasteiger partial charge is 0.230 e. The predicted molar refractivity (Wildman–Crippen MR) is 124 cm³/mol. The SMILES string of the molecule is CC(C)Cc1ccc(C(C)NC(=O)CSc2nnc(-c3cccs3)n2C2CC2)cc1. The van der Waals surface area contributed by atoms with Crippen molar-refractivity contribution in [2.75, 3.05) is 5.75 Å². The molecule has 5 nitrogen and oxygen atoms in total. The van der Waals surface area contributed by atoms with Gasteiger partial charge < -0.3 is 5.32 Å². The maximum Gasteiger partial charge on any atom is 0.230 e. The average molecular weight is 441 g/mol. The Hall–Kier alpha value is -2.12. The van der Waals surface area contributed by atoms with Gasteiger partial charge in [-0.25, -0.2) is 0 Å². The Morgan fingerprint density at radius 1 is 1.20 bits per heavy atom. The van der Waals surface area contributed by atoms with E-state index in [0.29, 0.717) is 17.7 Å². The summed E-state index contributed by atoms with van der Waals surface area (Å²) in [4.78, 5) is 13.7. The lowest BCUT2D eigenvalue weighted by molar-refractivity contribution is -0.119. The second-order valence-electron chi connectivity index (χ2n) is 8.30. The van der Waals surface area contributed by atoms with Crippen molar-refractivity contribution in [2.45, 2.75) is 57.3 Å². The van der Waals surface area contributed by atoms with Gasteiger partial charge in [0.1, 0.15) is 0 Å². The zero-order valence-corrected chi connectivity index (χ0v) is 19.3. The third kappa shape index (κ3) is 5.13. The predicted octanol–water partition coefficient (Wildman–Crippen LogP) is 5.51. The van der Waals surface area contributed by atoms with Gasteiger partial charge in [0.15, 0.2) is 11.0 Å². The standard InChI is InChI=1S/C23H28N4OS2/c1-15(2)13-17-6-8-18(9-7-17)16(3)24-21(28)14-30-23-26-25-22(20-5-4-12-29-20)27(23)19-10-11-19/h4-9,12,15-16,19H,10-11,13-14H2,1-3H3,(H,24,28). The summed E-state index contributed by atoms with van der Waals surface area (Å²) in [5.41, 5.74) is 2.46. The molecule has 2 heterocycles. The van der Waals surface area contributed by atoms with E-state index < -0.39 is 0 Å². The molecule has 1 atom stereocenters. The van der Waals surface area contributed by atoms with Crippen LogP contribution in [0.2, 0.25) is 0 Å². The number of carbonyl (C=O) groups excluding carboxylic acids is 1. The topological polar surface area (TPSA) is 59.8 Å². The molecule has 3 aromatic rings. The molecule has 1 aromatic carbocycles. The summed E-state index contributed by atoms with van der Waals surface area (Å²) < 4.78 is 2.21. The van der Waals surface area contributed by atoms with Crippen molar-refractivity contribution in [1.29, 1.82) is 0 Å². The van der Waals surface area contributed by atoms with Crippen LogP contribution in [0.15, 0.2) is 46.9 Å². The lowest BCUT2D eigenvalue weighted by Crippen LogP contribution is -2.28. The van der Waals surface area contributed by atoms with Crippen molar-refractivity contribution in [3.63, 3.8) is 0 Å². The minimum atomic E-state index is -0.0193. The van der Waals surface area contributed by atoms with Crippen molar-refractivity contribution in [3.8, 4) is 10.7 Å². The van der Waals surface area contributed by atoms with Gasteiger partial charge in [-0.1, -0.05) is 55.9 Å². The van der Waals surface area contributed by atoms with Gasteiger partial charge in [-0.2, -0.15) is 0 Å². The third-order valence-electron chi connectivity index (χ3n) is 5.15. The number of nitrogens with one attached hydrogen (secondary N) is 1. The van der Waals surface area contributed by atoms with Gasteiger partial charge >= 0.3 is 0 Å². The van der Waals surface area contributed by atoms with Gasteiger partial charge in [0.2, 0.25) is 5.91 Å². The first-order valence-corrected chi connectivity index (χ1v) is 12.4. The first-order chi connectivity index (χ1) is 14.5. The van der Waals surface area contributed by atoms with Gasteiger partial charge in [-0.15, -0.1) is 21.5 Å². The van der Waals surface area contributed by atoms with Gasteiger partial charge in [-0.05, 0) is 54.7 Å². The maximum absolute atomic E-state index is 12.6. The summed E-state index contributed by atoms with van der Waals surface area (Å²) >= 11 is 3.14. The molecular formula is C23H28N4OS2. The molecule has 7 heteroatoms. The number of benzene rings is 1. The number of rotatable bonds is 9. The molecule has 158 valence electrons. The molecule has 0 aliphatic heterocycles. The van der Waals surface area contributed by atoms with Crippen LogP contribution in [0.4, 0.5) is 0 Å². The summed E-state index contributed by atoms with van der Waals surface area (Å²) in [7, 11) is 0. The van der Waals surface area contributed by atoms with Crippen molar-refractivity contribution < 1.29 is 4.79 Å². The van der Waals surface area contributed by atoms with Crippen molar-refractivity contribution in [3.05, 3.63) is 52.9 Å². The average Bonchev–Trinajstić information content (AvgIpc) is 3.24. The molecule has 4 rings (SSSR count). The molecule has 1 aliphatic rings. The molecular weight excluding hydrogens is 412 g/mol. The van der Waals surface area contributed by atoms with Crippen molar-refractivity contribution in [2.24, 2.45) is 5.92 Å². The lowest BCUT2D eigenvalue weighted by atomic mass is 10.00. The first-order valence-electron chi connectivity index (χ1n) is 10.5. The molecule has 1 amide bonds. The van der Waals surface area contributed by atoms with Crippen LogP contribution in [0.1, 0.15) is 56.8 Å². The minimum absolute atomic E-state index is 0.0155. The third-order valence-corrected chi connectivity index (χ3v) is 6.96. The Labute approximate surface area is 186 Å². The van der Waals surface area contributed by atoms with E-state index in [1.807, 2.05) is 13.0 Å². The van der Waals surface area contributed by atoms with Crippen molar-refractivity contribution in [1.82, 2.24) is 20.1 Å². The largest absolute Gasteiger partial charge is 0.349 e. The number of nitrogens with zero attached hydrogens (tertiary/aromatic N) is 3. The molecule has 0 radical (unpaired) electrons. The summed E-state index contributed by atoms with van der Waals surface area (Å²) in [6.45, 7) is 6.48. The van der Waals surface area contributed by atoms with Crippen LogP contribution in [0, 0.1) is 5.92 Å². The van der Waals surface area contributed by atoms with Crippen LogP contribution in [0.3, 0.4) is 0 Å². The van der Waals surface area contributed by atoms with E-state index in [1.165, 1.54) is 17.3 Å². The maximum atomic E-state index is 12.6. The fraction of sp³-hybridized carbons (Fsp3) is 0.435. The van der Waals surface area contributed by atoms with E-state index in [2.05, 4.69) is 69.6 Å². The molecule has 30 heavy (non-hydrogen) atoms. The van der Waals surface area contributed by atoms with Crippen LogP contribution < -0.4 is 5.32 Å². The van der Waals surface area contributed by atoms with Crippen molar-refractivity contribution >= 4 is 29.0 Å². The van der Waals surface area contributed by atoms with Gasteiger partial charge in [0.05, 0.1) is 16.7 Å².